The SMILES string of the molecule is CNc1cc(NC(C)CS(C)(=O)=O)nc(COC)n1. The molecule has 0 amide bonds. The average Bonchev–Trinajstić information content (AvgIpc) is 2.26. The summed E-state index contributed by atoms with van der Waals surface area (Å²) in [6, 6.07) is 1.49. The summed E-state index contributed by atoms with van der Waals surface area (Å²) < 4.78 is 27.4. The molecule has 8 heteroatoms. The highest BCUT2D eigenvalue weighted by Gasteiger charge is 2.12. The van der Waals surface area contributed by atoms with Gasteiger partial charge in [-0.2, -0.15) is 0 Å². The first-order valence-electron chi connectivity index (χ1n) is 5.83. The fourth-order valence-corrected chi connectivity index (χ4v) is 2.63. The molecule has 0 aliphatic heterocycles. The molecule has 1 atom stereocenters. The molecule has 2 N–H and O–H groups in total. The number of rotatable bonds is 7. The average molecular weight is 288 g/mol. The third-order valence-electron chi connectivity index (χ3n) is 2.25. The van der Waals surface area contributed by atoms with Crippen LogP contribution in [0, 0.1) is 0 Å². The van der Waals surface area contributed by atoms with Gasteiger partial charge in [0.15, 0.2) is 5.82 Å². The van der Waals surface area contributed by atoms with E-state index < -0.39 is 9.84 Å². The Hall–Kier alpha value is -1.41. The lowest BCUT2D eigenvalue weighted by Crippen LogP contribution is -2.25. The van der Waals surface area contributed by atoms with Crippen LogP contribution < -0.4 is 10.6 Å². The molecule has 0 fully saturated rings. The molecule has 1 heterocycles. The number of methoxy groups -OCH3 is 1. The molecule has 0 aliphatic rings. The van der Waals surface area contributed by atoms with Gasteiger partial charge >= 0.3 is 0 Å². The molecule has 0 spiro atoms. The van der Waals surface area contributed by atoms with Crippen molar-refractivity contribution in [3.8, 4) is 0 Å². The van der Waals surface area contributed by atoms with Crippen LogP contribution in [0.5, 0.6) is 0 Å². The molecule has 0 radical (unpaired) electrons. The zero-order valence-electron chi connectivity index (χ0n) is 11.6. The highest BCUT2D eigenvalue weighted by Crippen LogP contribution is 2.12. The molecule has 7 nitrogen and oxygen atoms in total. The van der Waals surface area contributed by atoms with Crippen LogP contribution in [0.1, 0.15) is 12.7 Å². The Morgan fingerprint density at radius 3 is 2.53 bits per heavy atom. The Kier molecular flexibility index (Phi) is 5.49. The van der Waals surface area contributed by atoms with Crippen molar-refractivity contribution >= 4 is 21.5 Å². The monoisotopic (exact) mass is 288 g/mol. The lowest BCUT2D eigenvalue weighted by Gasteiger charge is -2.15. The first-order chi connectivity index (χ1) is 8.84. The minimum atomic E-state index is -3.03. The maximum atomic E-state index is 11.2. The maximum absolute atomic E-state index is 11.2. The van der Waals surface area contributed by atoms with E-state index in [0.717, 1.165) is 0 Å². The van der Waals surface area contributed by atoms with E-state index in [2.05, 4.69) is 20.6 Å². The highest BCUT2D eigenvalue weighted by molar-refractivity contribution is 7.90. The van der Waals surface area contributed by atoms with Crippen molar-refractivity contribution in [2.24, 2.45) is 0 Å². The molecule has 0 aromatic carbocycles. The van der Waals surface area contributed by atoms with Gasteiger partial charge in [0, 0.05) is 32.5 Å². The summed E-state index contributed by atoms with van der Waals surface area (Å²) in [7, 11) is 0.291. The minimum absolute atomic E-state index is 0.0471. The van der Waals surface area contributed by atoms with E-state index in [1.807, 2.05) is 0 Å². The van der Waals surface area contributed by atoms with E-state index in [0.29, 0.717) is 24.1 Å². The molecule has 0 bridgehead atoms. The van der Waals surface area contributed by atoms with Crippen LogP contribution in [0.4, 0.5) is 11.6 Å². The third-order valence-corrected chi connectivity index (χ3v) is 3.35. The number of hydrogen-bond acceptors (Lipinski definition) is 7. The van der Waals surface area contributed by atoms with Crippen LogP contribution in [0.3, 0.4) is 0 Å². The summed E-state index contributed by atoms with van der Waals surface area (Å²) in [4.78, 5) is 8.48. The van der Waals surface area contributed by atoms with Gasteiger partial charge < -0.3 is 15.4 Å². The molecule has 1 aromatic rings. The normalized spacial score (nSPS) is 13.1. The van der Waals surface area contributed by atoms with E-state index in [1.54, 1.807) is 27.1 Å². The predicted octanol–water partition coefficient (Wildman–Crippen LogP) is 0.510. The van der Waals surface area contributed by atoms with Crippen molar-refractivity contribution in [3.63, 3.8) is 0 Å². The largest absolute Gasteiger partial charge is 0.377 e. The summed E-state index contributed by atoms with van der Waals surface area (Å²) in [5.74, 6) is 1.80. The van der Waals surface area contributed by atoms with Crippen molar-refractivity contribution in [2.45, 2.75) is 19.6 Å². The van der Waals surface area contributed by atoms with Gasteiger partial charge in [-0.15, -0.1) is 0 Å². The molecular formula is C11H20N4O3S. The van der Waals surface area contributed by atoms with Crippen LogP contribution in [0.2, 0.25) is 0 Å². The summed E-state index contributed by atoms with van der Waals surface area (Å²) in [6.45, 7) is 2.09. The van der Waals surface area contributed by atoms with Gasteiger partial charge in [-0.3, -0.25) is 0 Å². The summed E-state index contributed by atoms with van der Waals surface area (Å²) >= 11 is 0. The van der Waals surface area contributed by atoms with Gasteiger partial charge in [-0.1, -0.05) is 0 Å². The van der Waals surface area contributed by atoms with E-state index in [1.165, 1.54) is 6.26 Å². The number of nitrogens with one attached hydrogen (secondary N) is 2. The van der Waals surface area contributed by atoms with Gasteiger partial charge in [-0.05, 0) is 6.92 Å². The van der Waals surface area contributed by atoms with Crippen molar-refractivity contribution < 1.29 is 13.2 Å². The minimum Gasteiger partial charge on any atom is -0.377 e. The second-order valence-corrected chi connectivity index (χ2v) is 6.56. The lowest BCUT2D eigenvalue weighted by molar-refractivity contribution is 0.178. The van der Waals surface area contributed by atoms with E-state index in [9.17, 15) is 8.42 Å². The number of aromatic nitrogens is 2. The smallest absolute Gasteiger partial charge is 0.158 e. The first kappa shape index (κ1) is 15.6. The first-order valence-corrected chi connectivity index (χ1v) is 7.89. The molecule has 1 unspecified atom stereocenters. The Bertz CT molecular complexity index is 519. The topological polar surface area (TPSA) is 93.2 Å². The molecule has 108 valence electrons. The quantitative estimate of drug-likeness (QED) is 0.755. The fourth-order valence-electron chi connectivity index (χ4n) is 1.64. The Labute approximate surface area is 113 Å². The van der Waals surface area contributed by atoms with E-state index in [-0.39, 0.29) is 11.8 Å². The van der Waals surface area contributed by atoms with Crippen LogP contribution >= 0.6 is 0 Å². The number of sulfone groups is 1. The van der Waals surface area contributed by atoms with Gasteiger partial charge in [0.2, 0.25) is 0 Å². The molecular weight excluding hydrogens is 268 g/mol. The summed E-state index contributed by atoms with van der Waals surface area (Å²) in [5.41, 5.74) is 0. The number of ether oxygens (including phenoxy) is 1. The van der Waals surface area contributed by atoms with Gasteiger partial charge in [0.05, 0.1) is 5.75 Å². The highest BCUT2D eigenvalue weighted by atomic mass is 32.2. The van der Waals surface area contributed by atoms with Crippen molar-refractivity contribution in [2.75, 3.05) is 36.8 Å². The number of hydrogen-bond donors (Lipinski definition) is 2. The summed E-state index contributed by atoms with van der Waals surface area (Å²) in [6.07, 6.45) is 1.21. The molecule has 0 saturated carbocycles. The van der Waals surface area contributed by atoms with Gasteiger partial charge in [-0.25, -0.2) is 18.4 Å². The summed E-state index contributed by atoms with van der Waals surface area (Å²) in [5, 5.41) is 5.97. The van der Waals surface area contributed by atoms with Gasteiger partial charge in [0.1, 0.15) is 28.1 Å². The number of nitrogens with zero attached hydrogens (tertiary/aromatic N) is 2. The zero-order chi connectivity index (χ0) is 14.5. The predicted molar refractivity (Wildman–Crippen MR) is 75.1 cm³/mol. The van der Waals surface area contributed by atoms with E-state index >= 15 is 0 Å². The maximum Gasteiger partial charge on any atom is 0.158 e. The van der Waals surface area contributed by atoms with Crippen LogP contribution in [0.15, 0.2) is 6.07 Å². The number of anilines is 2. The molecule has 0 saturated heterocycles. The molecule has 1 aromatic heterocycles. The van der Waals surface area contributed by atoms with Crippen molar-refractivity contribution in [1.82, 2.24) is 9.97 Å². The Morgan fingerprint density at radius 1 is 1.37 bits per heavy atom. The molecule has 19 heavy (non-hydrogen) atoms. The Morgan fingerprint density at radius 2 is 2.00 bits per heavy atom. The van der Waals surface area contributed by atoms with Gasteiger partial charge in [0.25, 0.3) is 0 Å². The van der Waals surface area contributed by atoms with Crippen LogP contribution in [0.25, 0.3) is 0 Å². The zero-order valence-corrected chi connectivity index (χ0v) is 12.4. The Balaban J connectivity index is 2.84. The van der Waals surface area contributed by atoms with Crippen LogP contribution in [-0.4, -0.2) is 50.6 Å². The van der Waals surface area contributed by atoms with Crippen molar-refractivity contribution in [3.05, 3.63) is 11.9 Å². The molecule has 0 aliphatic carbocycles. The van der Waals surface area contributed by atoms with E-state index in [4.69, 9.17) is 4.74 Å². The second-order valence-electron chi connectivity index (χ2n) is 4.38. The van der Waals surface area contributed by atoms with Crippen molar-refractivity contribution in [1.29, 1.82) is 0 Å². The van der Waals surface area contributed by atoms with Crippen LogP contribution in [-0.2, 0) is 21.2 Å². The lowest BCUT2D eigenvalue weighted by atomic mass is 10.4. The third kappa shape index (κ3) is 5.84. The standard InChI is InChI=1S/C11H20N4O3S/c1-8(7-19(4,16)17)13-10-5-9(12-2)14-11(15-10)6-18-3/h5,8H,6-7H2,1-4H3,(H2,12,13,14,15). The molecule has 1 rings (SSSR count). The fraction of sp³-hybridized carbons (Fsp3) is 0.636. The second kappa shape index (κ2) is 6.67.